The van der Waals surface area contributed by atoms with Gasteiger partial charge in [-0.05, 0) is 38.8 Å². The molecule has 1 rings (SSSR count). The van der Waals surface area contributed by atoms with E-state index >= 15 is 0 Å². The van der Waals surface area contributed by atoms with E-state index < -0.39 is 0 Å². The van der Waals surface area contributed by atoms with Gasteiger partial charge in [-0.1, -0.05) is 12.2 Å². The van der Waals surface area contributed by atoms with Crippen LogP contribution in [0.5, 0.6) is 0 Å². The van der Waals surface area contributed by atoms with Gasteiger partial charge >= 0.3 is 0 Å². The first-order valence-electron chi connectivity index (χ1n) is 5.01. The van der Waals surface area contributed by atoms with Gasteiger partial charge < -0.3 is 9.69 Å². The van der Waals surface area contributed by atoms with E-state index in [1.54, 1.807) is 0 Å². The van der Waals surface area contributed by atoms with Gasteiger partial charge in [0.25, 0.3) is 0 Å². The second-order valence-corrected chi connectivity index (χ2v) is 4.10. The average molecular weight is 181 g/mol. The van der Waals surface area contributed by atoms with Crippen LogP contribution < -0.4 is 0 Å². The Balaban J connectivity index is 2.27. The minimum Gasteiger partial charge on any atom is -0.306 e. The van der Waals surface area contributed by atoms with Crippen LogP contribution in [0.2, 0.25) is 0 Å². The fourth-order valence-corrected chi connectivity index (χ4v) is 2.05. The molecule has 0 amide bonds. The summed E-state index contributed by atoms with van der Waals surface area (Å²) in [5.74, 6) is 0.728. The average Bonchev–Trinajstić information content (AvgIpc) is 2.04. The maximum absolute atomic E-state index is 10.3. The van der Waals surface area contributed by atoms with Gasteiger partial charge in [0.1, 0.15) is 6.29 Å². The summed E-state index contributed by atoms with van der Waals surface area (Å²) >= 11 is 0. The lowest BCUT2D eigenvalue weighted by Crippen LogP contribution is -2.32. The second-order valence-electron chi connectivity index (χ2n) is 4.10. The molecular weight excluding hydrogens is 162 g/mol. The number of nitrogens with zero attached hydrogens (tertiary/aromatic N) is 1. The van der Waals surface area contributed by atoms with E-state index in [4.69, 9.17) is 0 Å². The van der Waals surface area contributed by atoms with Crippen LogP contribution in [-0.2, 0) is 4.79 Å². The van der Waals surface area contributed by atoms with Crippen molar-refractivity contribution in [2.24, 2.45) is 5.92 Å². The van der Waals surface area contributed by atoms with Crippen LogP contribution in [0, 0.1) is 5.92 Å². The maximum atomic E-state index is 10.3. The van der Waals surface area contributed by atoms with Crippen molar-refractivity contribution in [3.63, 3.8) is 0 Å². The monoisotopic (exact) mass is 181 g/mol. The van der Waals surface area contributed by atoms with Crippen LogP contribution in [-0.4, -0.2) is 31.3 Å². The molecule has 2 heteroatoms. The van der Waals surface area contributed by atoms with Gasteiger partial charge in [0.2, 0.25) is 0 Å². The van der Waals surface area contributed by atoms with Crippen molar-refractivity contribution in [1.82, 2.24) is 4.90 Å². The molecule has 0 saturated carbocycles. The van der Waals surface area contributed by atoms with Crippen LogP contribution in [0.15, 0.2) is 12.2 Å². The largest absolute Gasteiger partial charge is 0.306 e. The number of hydrogen-bond donors (Lipinski definition) is 0. The number of carbonyl (C=O) groups is 1. The summed E-state index contributed by atoms with van der Waals surface area (Å²) in [5.41, 5.74) is 1.09. The summed E-state index contributed by atoms with van der Waals surface area (Å²) in [6.45, 7) is 6.30. The van der Waals surface area contributed by atoms with E-state index in [1.165, 1.54) is 19.4 Å². The minimum absolute atomic E-state index is 0.542. The van der Waals surface area contributed by atoms with Crippen molar-refractivity contribution in [1.29, 1.82) is 0 Å². The highest BCUT2D eigenvalue weighted by molar-refractivity contribution is 5.53. The van der Waals surface area contributed by atoms with Crippen molar-refractivity contribution in [3.05, 3.63) is 12.2 Å². The molecule has 0 aliphatic carbocycles. The van der Waals surface area contributed by atoms with Crippen LogP contribution in [0.1, 0.15) is 25.7 Å². The highest BCUT2D eigenvalue weighted by Crippen LogP contribution is 2.22. The normalized spacial score (nSPS) is 24.2. The first-order valence-corrected chi connectivity index (χ1v) is 5.01. The van der Waals surface area contributed by atoms with Crippen molar-refractivity contribution in [2.75, 3.05) is 20.1 Å². The van der Waals surface area contributed by atoms with Gasteiger partial charge in [0, 0.05) is 13.0 Å². The number of rotatable bonds is 4. The zero-order valence-corrected chi connectivity index (χ0v) is 8.46. The van der Waals surface area contributed by atoms with Gasteiger partial charge in [0.15, 0.2) is 0 Å². The Morgan fingerprint density at radius 3 is 3.08 bits per heavy atom. The SMILES string of the molecule is C=C(CC=O)CC1CCCN(C)C1. The van der Waals surface area contributed by atoms with E-state index in [-0.39, 0.29) is 0 Å². The third-order valence-corrected chi connectivity index (χ3v) is 2.67. The number of allylic oxidation sites excluding steroid dienone is 1. The Kier molecular flexibility index (Phi) is 4.16. The van der Waals surface area contributed by atoms with E-state index in [2.05, 4.69) is 18.5 Å². The van der Waals surface area contributed by atoms with Gasteiger partial charge in [-0.25, -0.2) is 0 Å². The van der Waals surface area contributed by atoms with Gasteiger partial charge in [-0.3, -0.25) is 0 Å². The van der Waals surface area contributed by atoms with Gasteiger partial charge in [-0.2, -0.15) is 0 Å². The molecule has 1 atom stereocenters. The van der Waals surface area contributed by atoms with Crippen molar-refractivity contribution < 1.29 is 4.79 Å². The molecule has 74 valence electrons. The number of likely N-dealkylation sites (tertiary alicyclic amines) is 1. The molecule has 13 heavy (non-hydrogen) atoms. The van der Waals surface area contributed by atoms with Crippen LogP contribution in [0.4, 0.5) is 0 Å². The summed E-state index contributed by atoms with van der Waals surface area (Å²) in [5, 5.41) is 0. The Morgan fingerprint density at radius 1 is 1.69 bits per heavy atom. The summed E-state index contributed by atoms with van der Waals surface area (Å²) in [6, 6.07) is 0. The Bertz CT molecular complexity index is 189. The zero-order valence-electron chi connectivity index (χ0n) is 8.46. The van der Waals surface area contributed by atoms with Crippen LogP contribution >= 0.6 is 0 Å². The molecule has 1 aliphatic rings. The molecule has 1 fully saturated rings. The molecule has 1 heterocycles. The molecular formula is C11H19NO. The van der Waals surface area contributed by atoms with E-state index in [1.807, 2.05) is 0 Å². The van der Waals surface area contributed by atoms with E-state index in [0.717, 1.165) is 30.7 Å². The highest BCUT2D eigenvalue weighted by atomic mass is 16.1. The molecule has 2 nitrogen and oxygen atoms in total. The van der Waals surface area contributed by atoms with E-state index in [9.17, 15) is 4.79 Å². The predicted octanol–water partition coefficient (Wildman–Crippen LogP) is 1.86. The third kappa shape index (κ3) is 3.73. The molecule has 0 aromatic carbocycles. The fourth-order valence-electron chi connectivity index (χ4n) is 2.05. The molecule has 0 aromatic rings. The van der Waals surface area contributed by atoms with Crippen LogP contribution in [0.25, 0.3) is 0 Å². The number of aldehydes is 1. The number of hydrogen-bond acceptors (Lipinski definition) is 2. The van der Waals surface area contributed by atoms with Gasteiger partial charge in [-0.15, -0.1) is 0 Å². The second kappa shape index (κ2) is 5.18. The quantitative estimate of drug-likeness (QED) is 0.487. The van der Waals surface area contributed by atoms with Crippen molar-refractivity contribution in [2.45, 2.75) is 25.7 Å². The Morgan fingerprint density at radius 2 is 2.46 bits per heavy atom. The highest BCUT2D eigenvalue weighted by Gasteiger charge is 2.17. The fraction of sp³-hybridized carbons (Fsp3) is 0.727. The molecule has 0 bridgehead atoms. The van der Waals surface area contributed by atoms with Gasteiger partial charge in [0.05, 0.1) is 0 Å². The standard InChI is InChI=1S/C11H19NO/c1-10(5-7-13)8-11-4-3-6-12(2)9-11/h7,11H,1,3-6,8-9H2,2H3. The molecule has 0 radical (unpaired) electrons. The summed E-state index contributed by atoms with van der Waals surface area (Å²) in [4.78, 5) is 12.6. The smallest absolute Gasteiger partial charge is 0.124 e. The molecule has 1 saturated heterocycles. The number of piperidine rings is 1. The molecule has 0 aromatic heterocycles. The molecule has 0 N–H and O–H groups in total. The summed E-state index contributed by atoms with van der Waals surface area (Å²) in [6.07, 6.45) is 5.11. The first-order chi connectivity index (χ1) is 6.22. The Labute approximate surface area is 80.6 Å². The third-order valence-electron chi connectivity index (χ3n) is 2.67. The minimum atomic E-state index is 0.542. The molecule has 1 aliphatic heterocycles. The topological polar surface area (TPSA) is 20.3 Å². The lowest BCUT2D eigenvalue weighted by Gasteiger charge is -2.29. The molecule has 1 unspecified atom stereocenters. The van der Waals surface area contributed by atoms with Crippen molar-refractivity contribution >= 4 is 6.29 Å². The lowest BCUT2D eigenvalue weighted by atomic mass is 9.91. The predicted molar refractivity (Wildman–Crippen MR) is 54.7 cm³/mol. The summed E-state index contributed by atoms with van der Waals surface area (Å²) in [7, 11) is 2.16. The lowest BCUT2D eigenvalue weighted by molar-refractivity contribution is -0.107. The molecule has 0 spiro atoms. The van der Waals surface area contributed by atoms with E-state index in [0.29, 0.717) is 6.42 Å². The summed E-state index contributed by atoms with van der Waals surface area (Å²) < 4.78 is 0. The van der Waals surface area contributed by atoms with Crippen LogP contribution in [0.3, 0.4) is 0 Å². The first kappa shape index (κ1) is 10.5. The number of carbonyl (C=O) groups excluding carboxylic acids is 1. The zero-order chi connectivity index (χ0) is 9.68. The maximum Gasteiger partial charge on any atom is 0.124 e. The van der Waals surface area contributed by atoms with Crippen molar-refractivity contribution in [3.8, 4) is 0 Å². The Hall–Kier alpha value is -0.630.